The number of phenolic OH excluding ortho intramolecular Hbond substituents is 1. The van der Waals surface area contributed by atoms with Crippen LogP contribution in [0.25, 0.3) is 11.1 Å². The van der Waals surface area contributed by atoms with Crippen molar-refractivity contribution >= 4 is 31.9 Å². The number of rotatable bonds is 6. The molecule has 2 nitrogen and oxygen atoms in total. The fraction of sp³-hybridized carbons (Fsp3) is 0.368. The van der Waals surface area contributed by atoms with Crippen molar-refractivity contribution in [2.45, 2.75) is 36.3 Å². The van der Waals surface area contributed by atoms with Gasteiger partial charge in [0, 0.05) is 15.2 Å². The summed E-state index contributed by atoms with van der Waals surface area (Å²) in [6.07, 6.45) is 1.80. The zero-order valence-electron chi connectivity index (χ0n) is 13.6. The number of hydrogen-bond acceptors (Lipinski definition) is 2. The molecule has 0 fully saturated rings. The van der Waals surface area contributed by atoms with E-state index in [0.717, 1.165) is 35.3 Å². The third kappa shape index (κ3) is 4.98. The van der Waals surface area contributed by atoms with Crippen molar-refractivity contribution in [2.75, 3.05) is 7.11 Å². The summed E-state index contributed by atoms with van der Waals surface area (Å²) in [7, 11) is 1.69. The van der Waals surface area contributed by atoms with E-state index >= 15 is 0 Å². The lowest BCUT2D eigenvalue weighted by atomic mass is 9.97. The Balaban J connectivity index is 2.44. The summed E-state index contributed by atoms with van der Waals surface area (Å²) in [4.78, 5) is 0.765. The van der Waals surface area contributed by atoms with Gasteiger partial charge in [-0.1, -0.05) is 57.8 Å². The van der Waals surface area contributed by atoms with Crippen LogP contribution in [0.1, 0.15) is 25.0 Å². The number of phenols is 1. The van der Waals surface area contributed by atoms with Gasteiger partial charge in [-0.15, -0.1) is 0 Å². The number of halogens is 2. The van der Waals surface area contributed by atoms with Gasteiger partial charge in [0.2, 0.25) is 0 Å². The van der Waals surface area contributed by atoms with Gasteiger partial charge in [0.25, 0.3) is 0 Å². The molecule has 0 radical (unpaired) electrons. The van der Waals surface area contributed by atoms with Gasteiger partial charge in [-0.3, -0.25) is 0 Å². The van der Waals surface area contributed by atoms with Crippen LogP contribution in [0.4, 0.5) is 0 Å². The third-order valence-corrected chi connectivity index (χ3v) is 4.32. The van der Waals surface area contributed by atoms with Crippen LogP contribution in [0.15, 0.2) is 36.4 Å². The maximum atomic E-state index is 10.3. The molecular formula is C19H22Br2O2. The molecule has 2 atom stereocenters. The van der Waals surface area contributed by atoms with Gasteiger partial charge in [0.05, 0.1) is 7.11 Å². The first-order valence-electron chi connectivity index (χ1n) is 7.68. The van der Waals surface area contributed by atoms with E-state index < -0.39 is 0 Å². The standard InChI is InChI=1S/C19H22Br2O2/c1-12(20)8-14-4-6-18(22)17(10-14)15-5-7-19(23-3)16(11-15)9-13(2)21/h4-7,10-13,22H,8-9H2,1-3H3. The van der Waals surface area contributed by atoms with E-state index in [0.29, 0.717) is 15.4 Å². The fourth-order valence-corrected chi connectivity index (χ4v) is 3.40. The molecular weight excluding hydrogens is 420 g/mol. The minimum Gasteiger partial charge on any atom is -0.507 e. The second-order valence-corrected chi connectivity index (χ2v) is 8.97. The Labute approximate surface area is 155 Å². The lowest BCUT2D eigenvalue weighted by molar-refractivity contribution is 0.409. The van der Waals surface area contributed by atoms with Crippen LogP contribution in [0.5, 0.6) is 11.5 Å². The van der Waals surface area contributed by atoms with E-state index in [-0.39, 0.29) is 0 Å². The molecule has 0 saturated heterocycles. The normalized spacial score (nSPS) is 13.6. The van der Waals surface area contributed by atoms with Gasteiger partial charge in [0.15, 0.2) is 0 Å². The summed E-state index contributed by atoms with van der Waals surface area (Å²) in [5.41, 5.74) is 4.21. The minimum atomic E-state index is 0.305. The molecule has 0 aromatic heterocycles. The van der Waals surface area contributed by atoms with Crippen LogP contribution < -0.4 is 4.74 Å². The first-order valence-corrected chi connectivity index (χ1v) is 9.51. The van der Waals surface area contributed by atoms with Gasteiger partial charge in [0.1, 0.15) is 11.5 Å². The van der Waals surface area contributed by atoms with E-state index in [1.54, 1.807) is 13.2 Å². The SMILES string of the molecule is COc1ccc(-c2cc(CC(C)Br)ccc2O)cc1CC(C)Br. The van der Waals surface area contributed by atoms with E-state index in [1.807, 2.05) is 18.2 Å². The van der Waals surface area contributed by atoms with Gasteiger partial charge in [-0.2, -0.15) is 0 Å². The van der Waals surface area contributed by atoms with Gasteiger partial charge in [-0.25, -0.2) is 0 Å². The van der Waals surface area contributed by atoms with E-state index in [1.165, 1.54) is 5.56 Å². The van der Waals surface area contributed by atoms with Crippen molar-refractivity contribution in [3.63, 3.8) is 0 Å². The van der Waals surface area contributed by atoms with Crippen molar-refractivity contribution in [3.05, 3.63) is 47.5 Å². The molecule has 2 rings (SSSR count). The Bertz CT molecular complexity index is 666. The molecule has 23 heavy (non-hydrogen) atoms. The molecule has 0 amide bonds. The highest BCUT2D eigenvalue weighted by Gasteiger charge is 2.12. The van der Waals surface area contributed by atoms with Gasteiger partial charge in [-0.05, 0) is 53.8 Å². The van der Waals surface area contributed by atoms with E-state index in [9.17, 15) is 5.11 Å². The Morgan fingerprint density at radius 2 is 1.70 bits per heavy atom. The summed E-state index contributed by atoms with van der Waals surface area (Å²) >= 11 is 7.18. The molecule has 2 aromatic carbocycles. The van der Waals surface area contributed by atoms with Crippen molar-refractivity contribution in [3.8, 4) is 22.6 Å². The highest BCUT2D eigenvalue weighted by atomic mass is 79.9. The summed E-state index contributed by atoms with van der Waals surface area (Å²) in [6.45, 7) is 4.23. The number of alkyl halides is 2. The number of hydrogen-bond donors (Lipinski definition) is 1. The molecule has 0 aliphatic heterocycles. The van der Waals surface area contributed by atoms with Crippen molar-refractivity contribution in [1.82, 2.24) is 0 Å². The van der Waals surface area contributed by atoms with Crippen LogP contribution >= 0.6 is 31.9 Å². The van der Waals surface area contributed by atoms with Crippen LogP contribution in [0.2, 0.25) is 0 Å². The fourth-order valence-electron chi connectivity index (χ4n) is 2.67. The number of methoxy groups -OCH3 is 1. The monoisotopic (exact) mass is 440 g/mol. The largest absolute Gasteiger partial charge is 0.507 e. The highest BCUT2D eigenvalue weighted by Crippen LogP contribution is 2.34. The summed E-state index contributed by atoms with van der Waals surface area (Å²) < 4.78 is 5.45. The molecule has 124 valence electrons. The smallest absolute Gasteiger partial charge is 0.123 e. The quantitative estimate of drug-likeness (QED) is 0.580. The molecule has 0 spiro atoms. The first-order chi connectivity index (χ1) is 10.9. The second kappa shape index (κ2) is 8.20. The molecule has 0 bridgehead atoms. The van der Waals surface area contributed by atoms with Crippen molar-refractivity contribution < 1.29 is 9.84 Å². The second-order valence-electron chi connectivity index (χ2n) is 5.85. The number of benzene rings is 2. The molecule has 1 N–H and O–H groups in total. The first kappa shape index (κ1) is 18.3. The van der Waals surface area contributed by atoms with E-state index in [4.69, 9.17) is 4.74 Å². The van der Waals surface area contributed by atoms with Crippen molar-refractivity contribution in [1.29, 1.82) is 0 Å². The number of ether oxygens (including phenoxy) is 1. The van der Waals surface area contributed by atoms with Crippen LogP contribution in [0.3, 0.4) is 0 Å². The zero-order chi connectivity index (χ0) is 17.0. The van der Waals surface area contributed by atoms with Crippen LogP contribution in [-0.2, 0) is 12.8 Å². The molecule has 2 unspecified atom stereocenters. The summed E-state index contributed by atoms with van der Waals surface area (Å²) in [5.74, 6) is 1.18. The van der Waals surface area contributed by atoms with Gasteiger partial charge < -0.3 is 9.84 Å². The Kier molecular flexibility index (Phi) is 6.54. The maximum absolute atomic E-state index is 10.3. The average molecular weight is 442 g/mol. The minimum absolute atomic E-state index is 0.305. The predicted molar refractivity (Wildman–Crippen MR) is 104 cm³/mol. The predicted octanol–water partition coefficient (Wildman–Crippen LogP) is 5.72. The summed E-state index contributed by atoms with van der Waals surface area (Å²) in [5, 5.41) is 10.3. The van der Waals surface area contributed by atoms with Crippen molar-refractivity contribution in [2.24, 2.45) is 0 Å². The molecule has 0 aliphatic rings. The topological polar surface area (TPSA) is 29.5 Å². The lowest BCUT2D eigenvalue weighted by Gasteiger charge is -2.14. The Morgan fingerprint density at radius 1 is 1.00 bits per heavy atom. The lowest BCUT2D eigenvalue weighted by Crippen LogP contribution is -2.00. The highest BCUT2D eigenvalue weighted by molar-refractivity contribution is 9.09. The Morgan fingerprint density at radius 3 is 2.30 bits per heavy atom. The third-order valence-electron chi connectivity index (χ3n) is 3.67. The summed E-state index contributed by atoms with van der Waals surface area (Å²) in [6, 6.07) is 11.9. The zero-order valence-corrected chi connectivity index (χ0v) is 16.8. The molecule has 2 aromatic rings. The average Bonchev–Trinajstić information content (AvgIpc) is 2.48. The molecule has 0 saturated carbocycles. The molecule has 4 heteroatoms. The molecule has 0 heterocycles. The number of aromatic hydroxyl groups is 1. The van der Waals surface area contributed by atoms with E-state index in [2.05, 4.69) is 57.8 Å². The van der Waals surface area contributed by atoms with Crippen LogP contribution in [-0.4, -0.2) is 21.9 Å². The Hall–Kier alpha value is -1.00. The maximum Gasteiger partial charge on any atom is 0.123 e. The molecule has 0 aliphatic carbocycles. The van der Waals surface area contributed by atoms with Gasteiger partial charge >= 0.3 is 0 Å². The van der Waals surface area contributed by atoms with Crippen LogP contribution in [0, 0.1) is 0 Å².